The van der Waals surface area contributed by atoms with Crippen molar-refractivity contribution < 1.29 is 0 Å². The zero-order valence-electron chi connectivity index (χ0n) is 11.4. The first kappa shape index (κ1) is 13.5. The first-order chi connectivity index (χ1) is 6.91. The maximum absolute atomic E-state index is 2.52. The van der Waals surface area contributed by atoms with Crippen LogP contribution in [-0.4, -0.2) is 16.1 Å². The summed E-state index contributed by atoms with van der Waals surface area (Å²) in [6.07, 6.45) is 7.62. The van der Waals surface area contributed by atoms with E-state index in [2.05, 4.69) is 26.2 Å². The minimum atomic E-state index is -0.590. The lowest BCUT2D eigenvalue weighted by atomic mass is 10.3. The summed E-state index contributed by atoms with van der Waals surface area (Å²) >= 11 is 0. The first-order valence-corrected chi connectivity index (χ1v) is 13.7. The molecule has 15 heavy (non-hydrogen) atoms. The molecular weight excluding hydrogens is 212 g/mol. The van der Waals surface area contributed by atoms with Crippen molar-refractivity contribution in [1.29, 1.82) is 0 Å². The highest BCUT2D eigenvalue weighted by atomic mass is 28.3. The Morgan fingerprint density at radius 1 is 0.467 bits per heavy atom. The fourth-order valence-electron chi connectivity index (χ4n) is 2.84. The molecular formula is C13H30Si2. The molecule has 0 atom stereocenters. The second-order valence-electron chi connectivity index (χ2n) is 7.10. The van der Waals surface area contributed by atoms with Crippen LogP contribution in [0.5, 0.6) is 0 Å². The minimum absolute atomic E-state index is 0.540. The third-order valence-electron chi connectivity index (χ3n) is 4.16. The van der Waals surface area contributed by atoms with Gasteiger partial charge in [-0.3, -0.25) is 0 Å². The van der Waals surface area contributed by atoms with Gasteiger partial charge >= 0.3 is 0 Å². The van der Waals surface area contributed by atoms with Crippen LogP contribution >= 0.6 is 0 Å². The van der Waals surface area contributed by atoms with E-state index in [-0.39, 0.29) is 0 Å². The van der Waals surface area contributed by atoms with Gasteiger partial charge in [0.2, 0.25) is 0 Å². The van der Waals surface area contributed by atoms with Crippen LogP contribution < -0.4 is 0 Å². The van der Waals surface area contributed by atoms with Crippen LogP contribution in [0.25, 0.3) is 0 Å². The highest BCUT2D eigenvalue weighted by Crippen LogP contribution is 2.29. The Morgan fingerprint density at radius 3 is 0.867 bits per heavy atom. The standard InChI is InChI=1S/C7H16Si.C6H14Si/c1-8(2)6-4-3-5-7-8;1-7(2)5-3-4-6-7/h3-7H2,1-2H3;3-6H2,1-2H3. The Labute approximate surface area is 98.9 Å². The van der Waals surface area contributed by atoms with Crippen LogP contribution in [0.1, 0.15) is 32.1 Å². The van der Waals surface area contributed by atoms with Crippen LogP contribution in [0, 0.1) is 0 Å². The summed E-state index contributed by atoms with van der Waals surface area (Å²) in [5.41, 5.74) is 0. The van der Waals surface area contributed by atoms with Gasteiger partial charge in [-0.2, -0.15) is 0 Å². The largest absolute Gasteiger partial charge is 0.0693 e. The Kier molecular flexibility index (Phi) is 5.10. The zero-order valence-corrected chi connectivity index (χ0v) is 13.4. The van der Waals surface area contributed by atoms with Crippen molar-refractivity contribution in [3.63, 3.8) is 0 Å². The molecule has 0 aromatic rings. The summed E-state index contributed by atoms with van der Waals surface area (Å²) in [7, 11) is -1.13. The highest BCUT2D eigenvalue weighted by molar-refractivity contribution is 6.78. The molecule has 0 aromatic carbocycles. The quantitative estimate of drug-likeness (QED) is 0.501. The fourth-order valence-corrected chi connectivity index (χ4v) is 8.17. The van der Waals surface area contributed by atoms with Gasteiger partial charge in [-0.25, -0.2) is 0 Å². The predicted octanol–water partition coefficient (Wildman–Crippen LogP) is 5.37. The molecule has 0 N–H and O–H groups in total. The van der Waals surface area contributed by atoms with Crippen LogP contribution in [-0.2, 0) is 0 Å². The molecule has 0 nitrogen and oxygen atoms in total. The number of hydrogen-bond donors (Lipinski definition) is 0. The fraction of sp³-hybridized carbons (Fsp3) is 1.00. The lowest BCUT2D eigenvalue weighted by Gasteiger charge is -2.26. The van der Waals surface area contributed by atoms with Gasteiger partial charge < -0.3 is 0 Å². The molecule has 0 amide bonds. The molecule has 90 valence electrons. The van der Waals surface area contributed by atoms with Crippen LogP contribution in [0.2, 0.25) is 50.4 Å². The maximum Gasteiger partial charge on any atom is 0.0473 e. The molecule has 0 radical (unpaired) electrons. The Morgan fingerprint density at radius 2 is 0.733 bits per heavy atom. The topological polar surface area (TPSA) is 0 Å². The minimum Gasteiger partial charge on any atom is -0.0693 e. The van der Waals surface area contributed by atoms with Crippen molar-refractivity contribution in [1.82, 2.24) is 0 Å². The monoisotopic (exact) mass is 242 g/mol. The van der Waals surface area contributed by atoms with Gasteiger partial charge in [-0.15, -0.1) is 0 Å². The van der Waals surface area contributed by atoms with E-state index in [4.69, 9.17) is 0 Å². The lowest BCUT2D eigenvalue weighted by molar-refractivity contribution is 0.713. The molecule has 2 heteroatoms. The van der Waals surface area contributed by atoms with Crippen molar-refractivity contribution in [2.24, 2.45) is 0 Å². The molecule has 2 aliphatic heterocycles. The zero-order chi connectivity index (χ0) is 11.4. The van der Waals surface area contributed by atoms with Crippen LogP contribution in [0.3, 0.4) is 0 Å². The molecule has 0 aromatic heterocycles. The van der Waals surface area contributed by atoms with Crippen molar-refractivity contribution in [3.8, 4) is 0 Å². The van der Waals surface area contributed by atoms with E-state index in [1.807, 2.05) is 0 Å². The van der Waals surface area contributed by atoms with Crippen molar-refractivity contribution in [2.45, 2.75) is 82.5 Å². The Balaban J connectivity index is 0.000000151. The van der Waals surface area contributed by atoms with Crippen molar-refractivity contribution >= 4 is 16.1 Å². The molecule has 2 heterocycles. The van der Waals surface area contributed by atoms with Crippen LogP contribution in [0.4, 0.5) is 0 Å². The Bertz CT molecular complexity index is 169. The van der Waals surface area contributed by atoms with E-state index in [0.29, 0.717) is 0 Å². The van der Waals surface area contributed by atoms with Crippen LogP contribution in [0.15, 0.2) is 0 Å². The van der Waals surface area contributed by atoms with E-state index in [1.165, 1.54) is 32.1 Å². The molecule has 0 spiro atoms. The van der Waals surface area contributed by atoms with Crippen molar-refractivity contribution in [3.05, 3.63) is 0 Å². The first-order valence-electron chi connectivity index (χ1n) is 6.91. The molecule has 2 rings (SSSR count). The van der Waals surface area contributed by atoms with E-state index in [9.17, 15) is 0 Å². The third-order valence-corrected chi connectivity index (χ3v) is 11.0. The van der Waals surface area contributed by atoms with Gasteiger partial charge in [0.05, 0.1) is 0 Å². The SMILES string of the molecule is C[Si]1(C)CCCC1.C[Si]1(C)CCCCC1. The lowest BCUT2D eigenvalue weighted by Crippen LogP contribution is -2.27. The summed E-state index contributed by atoms with van der Waals surface area (Å²) in [4.78, 5) is 0. The van der Waals surface area contributed by atoms with Gasteiger partial charge in [0.25, 0.3) is 0 Å². The number of rotatable bonds is 0. The van der Waals surface area contributed by atoms with E-state index in [1.54, 1.807) is 24.2 Å². The number of hydrogen-bond acceptors (Lipinski definition) is 0. The summed E-state index contributed by atoms with van der Waals surface area (Å²) in [5, 5.41) is 0. The van der Waals surface area contributed by atoms with Gasteiger partial charge in [0.15, 0.2) is 0 Å². The normalized spacial score (nSPS) is 28.0. The summed E-state index contributed by atoms with van der Waals surface area (Å²) < 4.78 is 0. The smallest absolute Gasteiger partial charge is 0.0473 e. The molecule has 2 aliphatic rings. The third kappa shape index (κ3) is 5.91. The maximum atomic E-state index is 2.52. The molecule has 0 unspecified atom stereocenters. The second-order valence-corrected chi connectivity index (χ2v) is 17.8. The van der Waals surface area contributed by atoms with E-state index in [0.717, 1.165) is 0 Å². The molecule has 2 fully saturated rings. The highest BCUT2D eigenvalue weighted by Gasteiger charge is 2.24. The average Bonchev–Trinajstić information content (AvgIpc) is 2.51. The van der Waals surface area contributed by atoms with Gasteiger partial charge in [0, 0.05) is 16.1 Å². The summed E-state index contributed by atoms with van der Waals surface area (Å²) in [5.74, 6) is 0. The van der Waals surface area contributed by atoms with Gasteiger partial charge in [-0.05, 0) is 0 Å². The van der Waals surface area contributed by atoms with Gasteiger partial charge in [-0.1, -0.05) is 82.5 Å². The summed E-state index contributed by atoms with van der Waals surface area (Å²) in [6.45, 7) is 10.0. The molecule has 0 bridgehead atoms. The van der Waals surface area contributed by atoms with E-state index >= 15 is 0 Å². The van der Waals surface area contributed by atoms with Gasteiger partial charge in [0.1, 0.15) is 0 Å². The summed E-state index contributed by atoms with van der Waals surface area (Å²) in [6, 6.07) is 6.36. The van der Waals surface area contributed by atoms with Crippen molar-refractivity contribution in [2.75, 3.05) is 0 Å². The average molecular weight is 243 g/mol. The predicted molar refractivity (Wildman–Crippen MR) is 77.3 cm³/mol. The Hall–Kier alpha value is 0.434. The molecule has 0 saturated carbocycles. The van der Waals surface area contributed by atoms with E-state index < -0.39 is 16.1 Å². The molecule has 2 saturated heterocycles. The molecule has 0 aliphatic carbocycles. The second kappa shape index (κ2) is 5.67.